The monoisotopic (exact) mass is 545 g/mol. The summed E-state index contributed by atoms with van der Waals surface area (Å²) in [5.74, 6) is -0.365. The van der Waals surface area contributed by atoms with Gasteiger partial charge in [0.05, 0.1) is 26.2 Å². The van der Waals surface area contributed by atoms with Crippen molar-refractivity contribution in [3.63, 3.8) is 0 Å². The molecule has 3 aromatic rings. The summed E-state index contributed by atoms with van der Waals surface area (Å²) in [6.07, 6.45) is 1.76. The van der Waals surface area contributed by atoms with Gasteiger partial charge in [-0.1, -0.05) is 41.9 Å². The minimum Gasteiger partial charge on any atom is -0.487 e. The van der Waals surface area contributed by atoms with Crippen LogP contribution in [0.3, 0.4) is 0 Å². The third-order valence-electron chi connectivity index (χ3n) is 4.20. The standard InChI is InChI=1S/C23H14Br2ClNO3/c24-19-10-15(9-17(12-27)18-3-1-2-4-21(18)26)11-20(25)22(19)30-13-14-5-7-16(8-6-14)23(28)29/h1-11H,13H2,(H,28,29). The Morgan fingerprint density at radius 3 is 2.30 bits per heavy atom. The molecule has 0 aliphatic rings. The molecule has 1 N–H and O–H groups in total. The number of nitrogens with zero attached hydrogens (tertiary/aromatic N) is 1. The molecule has 3 rings (SSSR count). The lowest BCUT2D eigenvalue weighted by Gasteiger charge is -2.12. The van der Waals surface area contributed by atoms with E-state index < -0.39 is 5.97 Å². The molecule has 30 heavy (non-hydrogen) atoms. The molecule has 150 valence electrons. The van der Waals surface area contributed by atoms with E-state index in [-0.39, 0.29) is 12.2 Å². The van der Waals surface area contributed by atoms with Crippen LogP contribution in [0.5, 0.6) is 5.75 Å². The first-order chi connectivity index (χ1) is 14.4. The van der Waals surface area contributed by atoms with Crippen molar-refractivity contribution in [3.8, 4) is 11.8 Å². The Morgan fingerprint density at radius 1 is 1.10 bits per heavy atom. The Hall–Kier alpha value is -2.59. The molecule has 0 aromatic heterocycles. The second kappa shape index (κ2) is 9.94. The molecule has 0 saturated carbocycles. The third kappa shape index (κ3) is 5.31. The maximum Gasteiger partial charge on any atom is 0.335 e. The number of rotatable bonds is 6. The number of hydrogen-bond acceptors (Lipinski definition) is 3. The fourth-order valence-corrected chi connectivity index (χ4v) is 4.40. The normalized spacial score (nSPS) is 11.1. The zero-order chi connectivity index (χ0) is 21.7. The van der Waals surface area contributed by atoms with Gasteiger partial charge in [0.15, 0.2) is 0 Å². The summed E-state index contributed by atoms with van der Waals surface area (Å²) in [4.78, 5) is 10.9. The molecule has 0 unspecified atom stereocenters. The van der Waals surface area contributed by atoms with Gasteiger partial charge in [0.1, 0.15) is 12.4 Å². The Labute approximate surface area is 195 Å². The van der Waals surface area contributed by atoms with Crippen molar-refractivity contribution in [1.82, 2.24) is 0 Å². The van der Waals surface area contributed by atoms with Gasteiger partial charge in [-0.15, -0.1) is 0 Å². The van der Waals surface area contributed by atoms with Crippen LogP contribution in [0.2, 0.25) is 5.02 Å². The third-order valence-corrected chi connectivity index (χ3v) is 5.71. The van der Waals surface area contributed by atoms with Crippen molar-refractivity contribution < 1.29 is 14.6 Å². The molecule has 0 radical (unpaired) electrons. The molecule has 4 nitrogen and oxygen atoms in total. The van der Waals surface area contributed by atoms with Crippen molar-refractivity contribution in [3.05, 3.63) is 96.9 Å². The van der Waals surface area contributed by atoms with Crippen LogP contribution in [0, 0.1) is 11.3 Å². The average Bonchev–Trinajstić information content (AvgIpc) is 2.72. The predicted octanol–water partition coefficient (Wildman–Crippen LogP) is 7.21. The van der Waals surface area contributed by atoms with Crippen molar-refractivity contribution in [2.75, 3.05) is 0 Å². The van der Waals surface area contributed by atoms with Gasteiger partial charge in [-0.2, -0.15) is 5.26 Å². The number of allylic oxidation sites excluding steroid dienone is 1. The number of benzene rings is 3. The molecule has 7 heteroatoms. The number of aromatic carboxylic acids is 1. The molecule has 0 aliphatic heterocycles. The van der Waals surface area contributed by atoms with Gasteiger partial charge in [0.25, 0.3) is 0 Å². The number of carbonyl (C=O) groups is 1. The highest BCUT2D eigenvalue weighted by Crippen LogP contribution is 2.36. The van der Waals surface area contributed by atoms with Crippen LogP contribution in [0.1, 0.15) is 27.0 Å². The minimum absolute atomic E-state index is 0.226. The first kappa shape index (κ1) is 22.1. The number of hydrogen-bond donors (Lipinski definition) is 1. The SMILES string of the molecule is N#CC(=Cc1cc(Br)c(OCc2ccc(C(=O)O)cc2)c(Br)c1)c1ccccc1Cl. The van der Waals surface area contributed by atoms with Gasteiger partial charge >= 0.3 is 5.97 Å². The fraction of sp³-hybridized carbons (Fsp3) is 0.0435. The summed E-state index contributed by atoms with van der Waals surface area (Å²) in [6, 6.07) is 19.6. The molecule has 0 saturated heterocycles. The van der Waals surface area contributed by atoms with E-state index in [9.17, 15) is 10.1 Å². The highest BCUT2D eigenvalue weighted by molar-refractivity contribution is 9.11. The van der Waals surface area contributed by atoms with Crippen LogP contribution in [0.25, 0.3) is 11.6 Å². The number of ether oxygens (including phenoxy) is 1. The largest absolute Gasteiger partial charge is 0.487 e. The van der Waals surface area contributed by atoms with E-state index in [1.807, 2.05) is 24.3 Å². The summed E-state index contributed by atoms with van der Waals surface area (Å²) >= 11 is 13.2. The van der Waals surface area contributed by atoms with Gasteiger partial charge in [-0.05, 0) is 79.4 Å². The Kier molecular flexibility index (Phi) is 7.33. The second-order valence-corrected chi connectivity index (χ2v) is 8.37. The van der Waals surface area contributed by atoms with Crippen LogP contribution in [0.15, 0.2) is 69.6 Å². The lowest BCUT2D eigenvalue weighted by Crippen LogP contribution is -2.00. The van der Waals surface area contributed by atoms with Gasteiger partial charge < -0.3 is 9.84 Å². The highest BCUT2D eigenvalue weighted by atomic mass is 79.9. The molecule has 0 spiro atoms. The number of nitriles is 1. The van der Waals surface area contributed by atoms with E-state index in [0.29, 0.717) is 30.9 Å². The zero-order valence-corrected chi connectivity index (χ0v) is 19.3. The second-order valence-electron chi connectivity index (χ2n) is 6.25. The maximum atomic E-state index is 10.9. The molecule has 0 aliphatic carbocycles. The van der Waals surface area contributed by atoms with Crippen molar-refractivity contribution in [1.29, 1.82) is 5.26 Å². The van der Waals surface area contributed by atoms with Crippen LogP contribution in [0.4, 0.5) is 0 Å². The smallest absolute Gasteiger partial charge is 0.335 e. The quantitative estimate of drug-likeness (QED) is 0.262. The van der Waals surface area contributed by atoms with Crippen LogP contribution < -0.4 is 4.74 Å². The summed E-state index contributed by atoms with van der Waals surface area (Å²) in [5, 5.41) is 19.0. The molecule has 0 atom stereocenters. The summed E-state index contributed by atoms with van der Waals surface area (Å²) in [5.41, 5.74) is 2.98. The molecule has 0 fully saturated rings. The number of carboxylic acids is 1. The average molecular weight is 548 g/mol. The van der Waals surface area contributed by atoms with Gasteiger partial charge in [0, 0.05) is 10.6 Å². The Balaban J connectivity index is 1.82. The number of halogens is 3. The highest BCUT2D eigenvalue weighted by Gasteiger charge is 2.11. The first-order valence-corrected chi connectivity index (χ1v) is 10.7. The number of carboxylic acid groups (broad SMARTS) is 1. The lowest BCUT2D eigenvalue weighted by atomic mass is 10.0. The van der Waals surface area contributed by atoms with E-state index in [1.165, 1.54) is 12.1 Å². The summed E-state index contributed by atoms with van der Waals surface area (Å²) < 4.78 is 7.32. The minimum atomic E-state index is -0.967. The Morgan fingerprint density at radius 2 is 1.73 bits per heavy atom. The van der Waals surface area contributed by atoms with Gasteiger partial charge in [0.2, 0.25) is 0 Å². The lowest BCUT2D eigenvalue weighted by molar-refractivity contribution is 0.0697. The Bertz CT molecular complexity index is 1140. The van der Waals surface area contributed by atoms with Crippen molar-refractivity contribution in [2.45, 2.75) is 6.61 Å². The van der Waals surface area contributed by atoms with E-state index in [2.05, 4.69) is 37.9 Å². The first-order valence-electron chi connectivity index (χ1n) is 8.70. The fourth-order valence-electron chi connectivity index (χ4n) is 2.72. The van der Waals surface area contributed by atoms with E-state index in [0.717, 1.165) is 11.1 Å². The predicted molar refractivity (Wildman–Crippen MR) is 125 cm³/mol. The molecular weight excluding hydrogens is 534 g/mol. The molecule has 0 amide bonds. The van der Waals surface area contributed by atoms with Gasteiger partial charge in [-0.3, -0.25) is 0 Å². The molecule has 3 aromatic carbocycles. The molecular formula is C23H14Br2ClNO3. The topological polar surface area (TPSA) is 70.3 Å². The zero-order valence-electron chi connectivity index (χ0n) is 15.4. The summed E-state index contributed by atoms with van der Waals surface area (Å²) in [7, 11) is 0. The van der Waals surface area contributed by atoms with Gasteiger partial charge in [-0.25, -0.2) is 4.79 Å². The van der Waals surface area contributed by atoms with Crippen molar-refractivity contribution in [2.24, 2.45) is 0 Å². The van der Waals surface area contributed by atoms with E-state index in [1.54, 1.807) is 30.3 Å². The van der Waals surface area contributed by atoms with Crippen molar-refractivity contribution >= 4 is 61.1 Å². The molecule has 0 heterocycles. The van der Waals surface area contributed by atoms with Crippen LogP contribution >= 0.6 is 43.5 Å². The van der Waals surface area contributed by atoms with E-state index >= 15 is 0 Å². The maximum absolute atomic E-state index is 10.9. The van der Waals surface area contributed by atoms with E-state index in [4.69, 9.17) is 21.4 Å². The summed E-state index contributed by atoms with van der Waals surface area (Å²) in [6.45, 7) is 0.273. The van der Waals surface area contributed by atoms with Crippen LogP contribution in [-0.4, -0.2) is 11.1 Å². The van der Waals surface area contributed by atoms with Crippen LogP contribution in [-0.2, 0) is 6.61 Å². The molecule has 0 bridgehead atoms.